The van der Waals surface area contributed by atoms with Gasteiger partial charge in [-0.15, -0.1) is 0 Å². The second kappa shape index (κ2) is 6.03. The second-order valence-electron chi connectivity index (χ2n) is 5.16. The molecular formula is C15H21N3O. The molecule has 2 rings (SSSR count). The monoisotopic (exact) mass is 259 g/mol. The standard InChI is InChI=1S/C15H21N3O/c1-4-14-12(5-6-19-14)9-17-15-13(8-16)10(2)7-11(3)18-15/h7,12,14H,4-6,9H2,1-3H3,(H,17,18). The number of pyridine rings is 1. The van der Waals surface area contributed by atoms with Crippen molar-refractivity contribution >= 4 is 5.82 Å². The van der Waals surface area contributed by atoms with E-state index in [1.54, 1.807) is 0 Å². The summed E-state index contributed by atoms with van der Waals surface area (Å²) in [6, 6.07) is 4.18. The molecule has 1 aromatic heterocycles. The summed E-state index contributed by atoms with van der Waals surface area (Å²) in [7, 11) is 0. The molecule has 2 heterocycles. The minimum Gasteiger partial charge on any atom is -0.378 e. The van der Waals surface area contributed by atoms with E-state index in [9.17, 15) is 5.26 Å². The van der Waals surface area contributed by atoms with Crippen LogP contribution >= 0.6 is 0 Å². The van der Waals surface area contributed by atoms with Crippen LogP contribution in [0.15, 0.2) is 6.07 Å². The average molecular weight is 259 g/mol. The molecule has 0 saturated carbocycles. The lowest BCUT2D eigenvalue weighted by molar-refractivity contribution is 0.0900. The zero-order chi connectivity index (χ0) is 13.8. The van der Waals surface area contributed by atoms with Gasteiger partial charge in [0, 0.05) is 24.8 Å². The van der Waals surface area contributed by atoms with Crippen LogP contribution in [-0.4, -0.2) is 24.2 Å². The predicted molar refractivity (Wildman–Crippen MR) is 75.1 cm³/mol. The summed E-state index contributed by atoms with van der Waals surface area (Å²) in [5.74, 6) is 1.22. The maximum atomic E-state index is 9.23. The second-order valence-corrected chi connectivity index (χ2v) is 5.16. The smallest absolute Gasteiger partial charge is 0.144 e. The highest BCUT2D eigenvalue weighted by atomic mass is 16.5. The van der Waals surface area contributed by atoms with Gasteiger partial charge >= 0.3 is 0 Å². The highest BCUT2D eigenvalue weighted by molar-refractivity contribution is 5.56. The van der Waals surface area contributed by atoms with E-state index in [4.69, 9.17) is 4.74 Å². The topological polar surface area (TPSA) is 57.9 Å². The van der Waals surface area contributed by atoms with Gasteiger partial charge in [-0.3, -0.25) is 0 Å². The first kappa shape index (κ1) is 13.8. The first-order chi connectivity index (χ1) is 9.15. The third-order valence-corrected chi connectivity index (χ3v) is 3.74. The Balaban J connectivity index is 2.09. The van der Waals surface area contributed by atoms with Crippen molar-refractivity contribution < 1.29 is 4.74 Å². The summed E-state index contributed by atoms with van der Waals surface area (Å²) in [4.78, 5) is 4.44. The van der Waals surface area contributed by atoms with E-state index in [1.807, 2.05) is 19.9 Å². The van der Waals surface area contributed by atoms with Gasteiger partial charge in [0.1, 0.15) is 11.9 Å². The van der Waals surface area contributed by atoms with Crippen molar-refractivity contribution in [3.8, 4) is 6.07 Å². The summed E-state index contributed by atoms with van der Waals surface area (Å²) in [5.41, 5.74) is 2.57. The lowest BCUT2D eigenvalue weighted by atomic mass is 9.99. The molecule has 2 atom stereocenters. The van der Waals surface area contributed by atoms with Crippen LogP contribution in [-0.2, 0) is 4.74 Å². The van der Waals surface area contributed by atoms with Crippen molar-refractivity contribution in [1.29, 1.82) is 5.26 Å². The number of rotatable bonds is 4. The molecule has 0 amide bonds. The molecule has 4 heteroatoms. The molecule has 1 saturated heterocycles. The number of nitriles is 1. The van der Waals surface area contributed by atoms with Crippen LogP contribution in [0.1, 0.15) is 36.6 Å². The van der Waals surface area contributed by atoms with E-state index in [0.717, 1.165) is 37.3 Å². The van der Waals surface area contributed by atoms with Gasteiger partial charge < -0.3 is 10.1 Å². The average Bonchev–Trinajstić information content (AvgIpc) is 2.83. The molecule has 0 aromatic carbocycles. The molecule has 102 valence electrons. The Labute approximate surface area is 114 Å². The zero-order valence-electron chi connectivity index (χ0n) is 11.9. The Morgan fingerprint density at radius 1 is 1.53 bits per heavy atom. The van der Waals surface area contributed by atoms with Crippen LogP contribution in [0.3, 0.4) is 0 Å². The number of anilines is 1. The van der Waals surface area contributed by atoms with Crippen LogP contribution in [0.25, 0.3) is 0 Å². The molecule has 1 aliphatic heterocycles. The zero-order valence-corrected chi connectivity index (χ0v) is 11.9. The highest BCUT2D eigenvalue weighted by Crippen LogP contribution is 2.25. The third kappa shape index (κ3) is 3.05. The molecule has 0 aliphatic carbocycles. The van der Waals surface area contributed by atoms with Crippen molar-refractivity contribution in [1.82, 2.24) is 4.98 Å². The van der Waals surface area contributed by atoms with Crippen LogP contribution in [0, 0.1) is 31.1 Å². The Morgan fingerprint density at radius 3 is 3.00 bits per heavy atom. The van der Waals surface area contributed by atoms with Gasteiger partial charge in [-0.1, -0.05) is 6.92 Å². The van der Waals surface area contributed by atoms with Gasteiger partial charge in [0.15, 0.2) is 0 Å². The summed E-state index contributed by atoms with van der Waals surface area (Å²) in [6.07, 6.45) is 2.46. The van der Waals surface area contributed by atoms with Crippen LogP contribution in [0.4, 0.5) is 5.82 Å². The fourth-order valence-electron chi connectivity index (χ4n) is 2.71. The molecule has 0 bridgehead atoms. The summed E-state index contributed by atoms with van der Waals surface area (Å²) < 4.78 is 5.68. The summed E-state index contributed by atoms with van der Waals surface area (Å²) in [6.45, 7) is 7.72. The van der Waals surface area contributed by atoms with Gasteiger partial charge in [0.05, 0.1) is 11.7 Å². The Kier molecular flexibility index (Phi) is 4.39. The quantitative estimate of drug-likeness (QED) is 0.903. The Morgan fingerprint density at radius 2 is 2.32 bits per heavy atom. The normalized spacial score (nSPS) is 22.2. The maximum Gasteiger partial charge on any atom is 0.144 e. The van der Waals surface area contributed by atoms with E-state index in [1.165, 1.54) is 0 Å². The van der Waals surface area contributed by atoms with Crippen LogP contribution < -0.4 is 5.32 Å². The first-order valence-corrected chi connectivity index (χ1v) is 6.89. The van der Waals surface area contributed by atoms with E-state index < -0.39 is 0 Å². The summed E-state index contributed by atoms with van der Waals surface area (Å²) in [5, 5.41) is 12.6. The van der Waals surface area contributed by atoms with Crippen LogP contribution in [0.2, 0.25) is 0 Å². The number of nitrogens with one attached hydrogen (secondary N) is 1. The van der Waals surface area contributed by atoms with Crippen molar-refractivity contribution in [3.63, 3.8) is 0 Å². The lowest BCUT2D eigenvalue weighted by Crippen LogP contribution is -2.23. The number of nitrogens with zero attached hydrogens (tertiary/aromatic N) is 2. The molecule has 19 heavy (non-hydrogen) atoms. The molecule has 1 N–H and O–H groups in total. The molecule has 4 nitrogen and oxygen atoms in total. The fourth-order valence-corrected chi connectivity index (χ4v) is 2.71. The molecule has 2 unspecified atom stereocenters. The van der Waals surface area contributed by atoms with Gasteiger partial charge in [0.25, 0.3) is 0 Å². The lowest BCUT2D eigenvalue weighted by Gasteiger charge is -2.18. The molecule has 0 radical (unpaired) electrons. The highest BCUT2D eigenvalue weighted by Gasteiger charge is 2.26. The number of ether oxygens (including phenoxy) is 1. The van der Waals surface area contributed by atoms with Crippen molar-refractivity contribution in [2.24, 2.45) is 5.92 Å². The Hall–Kier alpha value is -1.60. The van der Waals surface area contributed by atoms with Gasteiger partial charge in [-0.25, -0.2) is 4.98 Å². The van der Waals surface area contributed by atoms with E-state index in [0.29, 0.717) is 23.4 Å². The summed E-state index contributed by atoms with van der Waals surface area (Å²) >= 11 is 0. The van der Waals surface area contributed by atoms with Crippen molar-refractivity contribution in [3.05, 3.63) is 22.9 Å². The first-order valence-electron chi connectivity index (χ1n) is 6.89. The molecule has 1 fully saturated rings. The number of aromatic nitrogens is 1. The number of hydrogen-bond donors (Lipinski definition) is 1. The fraction of sp³-hybridized carbons (Fsp3) is 0.600. The number of aryl methyl sites for hydroxylation is 2. The van der Waals surface area contributed by atoms with E-state index in [2.05, 4.69) is 23.3 Å². The molecule has 0 spiro atoms. The van der Waals surface area contributed by atoms with E-state index >= 15 is 0 Å². The Bertz CT molecular complexity index is 493. The molecular weight excluding hydrogens is 238 g/mol. The maximum absolute atomic E-state index is 9.23. The van der Waals surface area contributed by atoms with Gasteiger partial charge in [0.2, 0.25) is 0 Å². The SMILES string of the molecule is CCC1OCCC1CNc1nc(C)cc(C)c1C#N. The van der Waals surface area contributed by atoms with Gasteiger partial charge in [-0.2, -0.15) is 5.26 Å². The van der Waals surface area contributed by atoms with Crippen molar-refractivity contribution in [2.45, 2.75) is 39.7 Å². The van der Waals surface area contributed by atoms with Gasteiger partial charge in [-0.05, 0) is 38.3 Å². The van der Waals surface area contributed by atoms with E-state index in [-0.39, 0.29) is 0 Å². The largest absolute Gasteiger partial charge is 0.378 e. The number of hydrogen-bond acceptors (Lipinski definition) is 4. The predicted octanol–water partition coefficient (Wildman–Crippen LogP) is 2.80. The third-order valence-electron chi connectivity index (χ3n) is 3.74. The minimum atomic E-state index is 0.337. The van der Waals surface area contributed by atoms with Crippen molar-refractivity contribution in [2.75, 3.05) is 18.5 Å². The minimum absolute atomic E-state index is 0.337. The van der Waals surface area contributed by atoms with Crippen LogP contribution in [0.5, 0.6) is 0 Å². The molecule has 1 aliphatic rings. The molecule has 1 aromatic rings.